The van der Waals surface area contributed by atoms with Gasteiger partial charge in [-0.2, -0.15) is 13.2 Å². The van der Waals surface area contributed by atoms with Crippen LogP contribution in [0, 0.1) is 5.92 Å². The molecule has 1 unspecified atom stereocenters. The maximum absolute atomic E-state index is 13.8. The number of ether oxygens (including phenoxy) is 1. The number of amides is 2. The molecule has 1 atom stereocenters. The number of fused-ring (bicyclic) bond motifs is 1. The van der Waals surface area contributed by atoms with Gasteiger partial charge in [-0.05, 0) is 64.0 Å². The molecule has 1 aliphatic carbocycles. The van der Waals surface area contributed by atoms with Gasteiger partial charge in [-0.3, -0.25) is 14.0 Å². The lowest BCUT2D eigenvalue weighted by atomic mass is 9.83. The Kier molecular flexibility index (Phi) is 7.96. The van der Waals surface area contributed by atoms with Crippen molar-refractivity contribution in [1.29, 1.82) is 0 Å². The van der Waals surface area contributed by atoms with Crippen LogP contribution in [0.2, 0.25) is 5.15 Å². The summed E-state index contributed by atoms with van der Waals surface area (Å²) in [6.45, 7) is 4.01. The summed E-state index contributed by atoms with van der Waals surface area (Å²) in [5, 5.41) is 5.12. The largest absolute Gasteiger partial charge is 0.435 e. The minimum Gasteiger partial charge on any atom is -0.375 e. The van der Waals surface area contributed by atoms with E-state index in [1.165, 1.54) is 6.07 Å². The maximum atomic E-state index is 13.8. The van der Waals surface area contributed by atoms with Crippen LogP contribution >= 0.6 is 11.6 Å². The number of halogens is 6. The average Bonchev–Trinajstić information content (AvgIpc) is 3.17. The summed E-state index contributed by atoms with van der Waals surface area (Å²) in [7, 11) is 0. The SMILES string of the molecule is CC1(C)CC(NC(=O)CNC(=O)c2cc(Cl)n3c(CC4CCC(F)(F)CC4)c(C(F)(F)F)nc3c2)CCO1. The highest BCUT2D eigenvalue weighted by Crippen LogP contribution is 2.40. The number of pyridine rings is 1. The Balaban J connectivity index is 1.48. The van der Waals surface area contributed by atoms with E-state index >= 15 is 0 Å². The van der Waals surface area contributed by atoms with Gasteiger partial charge in [0.25, 0.3) is 5.91 Å². The first kappa shape index (κ1) is 28.5. The van der Waals surface area contributed by atoms with E-state index in [1.54, 1.807) is 0 Å². The number of carbonyl (C=O) groups excluding carboxylic acids is 2. The van der Waals surface area contributed by atoms with E-state index in [0.29, 0.717) is 19.4 Å². The number of nitrogens with zero attached hydrogens (tertiary/aromatic N) is 2. The molecule has 2 aromatic heterocycles. The van der Waals surface area contributed by atoms with Crippen molar-refractivity contribution < 1.29 is 36.3 Å². The van der Waals surface area contributed by atoms with Crippen molar-refractivity contribution in [2.24, 2.45) is 5.92 Å². The van der Waals surface area contributed by atoms with Gasteiger partial charge in [0.1, 0.15) is 10.8 Å². The molecule has 2 aliphatic rings. The van der Waals surface area contributed by atoms with Crippen LogP contribution in [-0.4, -0.2) is 51.9 Å². The molecule has 1 saturated heterocycles. The minimum absolute atomic E-state index is 0.0647. The molecule has 38 heavy (non-hydrogen) atoms. The molecule has 1 saturated carbocycles. The standard InChI is InChI=1S/C25H30ClF5N4O3/c1-23(2)12-16(5-8-38-23)33-20(36)13-32-22(37)15-10-18(26)35-17(9-14-3-6-24(27,28)7-4-14)21(25(29,30)31)34-19(35)11-15/h10-11,14,16H,3-9,12-13H2,1-2H3,(H,32,37)(H,33,36). The summed E-state index contributed by atoms with van der Waals surface area (Å²) in [5.74, 6) is -4.30. The lowest BCUT2D eigenvalue weighted by molar-refractivity contribution is -0.141. The second-order valence-corrected chi connectivity index (χ2v) is 11.1. The third-order valence-electron chi connectivity index (χ3n) is 7.09. The van der Waals surface area contributed by atoms with Crippen molar-refractivity contribution in [1.82, 2.24) is 20.0 Å². The van der Waals surface area contributed by atoms with Crippen LogP contribution in [0.5, 0.6) is 0 Å². The Bertz CT molecular complexity index is 1200. The van der Waals surface area contributed by atoms with Crippen LogP contribution in [0.4, 0.5) is 22.0 Å². The van der Waals surface area contributed by atoms with E-state index in [-0.39, 0.29) is 78.3 Å². The van der Waals surface area contributed by atoms with Gasteiger partial charge in [0, 0.05) is 31.1 Å². The van der Waals surface area contributed by atoms with Gasteiger partial charge >= 0.3 is 6.18 Å². The molecule has 2 amide bonds. The van der Waals surface area contributed by atoms with E-state index in [0.717, 1.165) is 10.5 Å². The predicted molar refractivity (Wildman–Crippen MR) is 129 cm³/mol. The molecule has 13 heteroatoms. The maximum Gasteiger partial charge on any atom is 0.435 e. The van der Waals surface area contributed by atoms with Crippen LogP contribution in [0.3, 0.4) is 0 Å². The Morgan fingerprint density at radius 1 is 1.18 bits per heavy atom. The molecule has 0 bridgehead atoms. The van der Waals surface area contributed by atoms with Crippen LogP contribution in [-0.2, 0) is 22.1 Å². The first-order chi connectivity index (χ1) is 17.6. The van der Waals surface area contributed by atoms with Gasteiger partial charge in [0.15, 0.2) is 5.69 Å². The second kappa shape index (κ2) is 10.6. The molecule has 0 radical (unpaired) electrons. The van der Waals surface area contributed by atoms with E-state index in [1.807, 2.05) is 13.8 Å². The van der Waals surface area contributed by atoms with Crippen LogP contribution in [0.1, 0.15) is 74.1 Å². The molecule has 7 nitrogen and oxygen atoms in total. The highest BCUT2D eigenvalue weighted by atomic mass is 35.5. The van der Waals surface area contributed by atoms with Crippen molar-refractivity contribution in [2.45, 2.75) is 82.5 Å². The molecule has 2 aromatic rings. The van der Waals surface area contributed by atoms with Gasteiger partial charge < -0.3 is 15.4 Å². The van der Waals surface area contributed by atoms with Crippen molar-refractivity contribution in [3.63, 3.8) is 0 Å². The molecule has 0 spiro atoms. The normalized spacial score (nSPS) is 21.8. The molecule has 2 N–H and O–H groups in total. The average molecular weight is 565 g/mol. The highest BCUT2D eigenvalue weighted by Gasteiger charge is 2.41. The first-order valence-electron chi connectivity index (χ1n) is 12.5. The van der Waals surface area contributed by atoms with E-state index in [9.17, 15) is 31.5 Å². The monoisotopic (exact) mass is 564 g/mol. The Hall–Kier alpha value is -2.47. The molecular weight excluding hydrogens is 535 g/mol. The number of rotatable bonds is 6. The molecule has 4 rings (SSSR count). The fourth-order valence-electron chi connectivity index (χ4n) is 5.20. The zero-order valence-electron chi connectivity index (χ0n) is 21.1. The molecule has 3 heterocycles. The smallest absolute Gasteiger partial charge is 0.375 e. The number of nitrogens with one attached hydrogen (secondary N) is 2. The van der Waals surface area contributed by atoms with Crippen molar-refractivity contribution in [2.75, 3.05) is 13.2 Å². The highest BCUT2D eigenvalue weighted by molar-refractivity contribution is 6.30. The lowest BCUT2D eigenvalue weighted by Crippen LogP contribution is -2.48. The topological polar surface area (TPSA) is 84.7 Å². The van der Waals surface area contributed by atoms with E-state index in [4.69, 9.17) is 16.3 Å². The summed E-state index contributed by atoms with van der Waals surface area (Å²) in [6.07, 6.45) is -4.26. The number of alkyl halides is 5. The van der Waals surface area contributed by atoms with Gasteiger partial charge in [-0.1, -0.05) is 11.6 Å². The first-order valence-corrected chi connectivity index (χ1v) is 12.9. The number of imidazole rings is 1. The zero-order chi connectivity index (χ0) is 27.9. The summed E-state index contributed by atoms with van der Waals surface area (Å²) in [6, 6.07) is 2.25. The van der Waals surface area contributed by atoms with Crippen molar-refractivity contribution in [3.8, 4) is 0 Å². The quantitative estimate of drug-likeness (QED) is 0.374. The van der Waals surface area contributed by atoms with E-state index in [2.05, 4.69) is 15.6 Å². The fraction of sp³-hybridized carbons (Fsp3) is 0.640. The fourth-order valence-corrected chi connectivity index (χ4v) is 5.51. The van der Waals surface area contributed by atoms with Crippen molar-refractivity contribution >= 4 is 29.1 Å². The van der Waals surface area contributed by atoms with E-state index < -0.39 is 29.6 Å². The number of hydrogen-bond donors (Lipinski definition) is 2. The third kappa shape index (κ3) is 6.74. The summed E-state index contributed by atoms with van der Waals surface area (Å²) in [4.78, 5) is 28.8. The van der Waals surface area contributed by atoms with Gasteiger partial charge in [0.2, 0.25) is 11.8 Å². The summed E-state index contributed by atoms with van der Waals surface area (Å²) in [5.41, 5.74) is -2.01. The number of aromatic nitrogens is 2. The Morgan fingerprint density at radius 2 is 1.87 bits per heavy atom. The molecule has 0 aromatic carbocycles. The van der Waals surface area contributed by atoms with Crippen LogP contribution in [0.25, 0.3) is 5.65 Å². The van der Waals surface area contributed by atoms with Gasteiger partial charge in [0.05, 0.1) is 17.8 Å². The van der Waals surface area contributed by atoms with Crippen LogP contribution < -0.4 is 10.6 Å². The third-order valence-corrected chi connectivity index (χ3v) is 7.37. The van der Waals surface area contributed by atoms with Gasteiger partial charge in [-0.15, -0.1) is 0 Å². The molecule has 2 fully saturated rings. The van der Waals surface area contributed by atoms with Gasteiger partial charge in [-0.25, -0.2) is 13.8 Å². The molecule has 210 valence electrons. The summed E-state index contributed by atoms with van der Waals surface area (Å²) >= 11 is 6.32. The van der Waals surface area contributed by atoms with Crippen LogP contribution in [0.15, 0.2) is 12.1 Å². The molecule has 1 aliphatic heterocycles. The molecular formula is C25H30ClF5N4O3. The second-order valence-electron chi connectivity index (χ2n) is 10.7. The Morgan fingerprint density at radius 3 is 2.50 bits per heavy atom. The minimum atomic E-state index is -4.80. The Labute approximate surface area is 221 Å². The van der Waals surface area contributed by atoms with Crippen molar-refractivity contribution in [3.05, 3.63) is 34.2 Å². The lowest BCUT2D eigenvalue weighted by Gasteiger charge is -2.35. The zero-order valence-corrected chi connectivity index (χ0v) is 21.8. The number of carbonyl (C=O) groups is 2. The number of hydrogen-bond acceptors (Lipinski definition) is 4. The predicted octanol–water partition coefficient (Wildman–Crippen LogP) is 5.18. The summed E-state index contributed by atoms with van der Waals surface area (Å²) < 4.78 is 75.3.